The van der Waals surface area contributed by atoms with Gasteiger partial charge in [0.05, 0.1) is 29.8 Å². The first kappa shape index (κ1) is 25.1. The Morgan fingerprint density at radius 2 is 1.61 bits per heavy atom. The molecule has 6 nitrogen and oxygen atoms in total. The first-order valence-corrected chi connectivity index (χ1v) is 11.5. The molecule has 2 unspecified atom stereocenters. The van der Waals surface area contributed by atoms with Crippen molar-refractivity contribution in [1.82, 2.24) is 4.90 Å². The third kappa shape index (κ3) is 4.63. The zero-order chi connectivity index (χ0) is 24.4. The average molecular weight is 555 g/mol. The quantitative estimate of drug-likeness (QED) is 0.373. The van der Waals surface area contributed by atoms with Crippen molar-refractivity contribution < 1.29 is 24.2 Å². The zero-order valence-electron chi connectivity index (χ0n) is 18.4. The van der Waals surface area contributed by atoms with Crippen molar-refractivity contribution in [1.29, 1.82) is 0 Å². The summed E-state index contributed by atoms with van der Waals surface area (Å²) in [6, 6.07) is 10.9. The molecule has 1 amide bonds. The number of ether oxygens (including phenoxy) is 2. The second-order valence-corrected chi connectivity index (χ2v) is 9.07. The van der Waals surface area contributed by atoms with Gasteiger partial charge in [0.2, 0.25) is 0 Å². The van der Waals surface area contributed by atoms with Gasteiger partial charge in [-0.2, -0.15) is 0 Å². The number of hydrogen-bond acceptors (Lipinski definition) is 4. The maximum absolute atomic E-state index is 13.8. The summed E-state index contributed by atoms with van der Waals surface area (Å²) in [5.74, 6) is -1.47. The molecule has 3 aromatic carbocycles. The number of amides is 1. The standard InChI is InChI=1S/C24H22BrCl2NO5/c1-12(13-9-10-16(26)17(27)11-13)20(24(30)31)28(2)23(29)18-14-7-5-6-8-15(14)21(32-3)19(25)22(18)33-4/h5-12,20H,1-4H3,(H,30,31). The van der Waals surface area contributed by atoms with Gasteiger partial charge in [-0.25, -0.2) is 4.79 Å². The van der Waals surface area contributed by atoms with Crippen LogP contribution in [0.4, 0.5) is 0 Å². The third-order valence-electron chi connectivity index (χ3n) is 5.62. The van der Waals surface area contributed by atoms with E-state index in [2.05, 4.69) is 15.9 Å². The molecule has 0 saturated heterocycles. The fourth-order valence-corrected chi connectivity index (χ4v) is 4.99. The number of carboxylic acids is 1. The zero-order valence-corrected chi connectivity index (χ0v) is 21.5. The molecule has 0 fully saturated rings. The molecule has 0 aliphatic rings. The van der Waals surface area contributed by atoms with Gasteiger partial charge in [-0.1, -0.05) is 60.5 Å². The van der Waals surface area contributed by atoms with Crippen LogP contribution in [0.5, 0.6) is 11.5 Å². The Hall–Kier alpha value is -2.48. The topological polar surface area (TPSA) is 76.1 Å². The number of likely N-dealkylation sites (N-methyl/N-ethyl adjacent to an activating group) is 1. The van der Waals surface area contributed by atoms with Crippen LogP contribution in [-0.2, 0) is 4.79 Å². The monoisotopic (exact) mass is 553 g/mol. The van der Waals surface area contributed by atoms with E-state index in [4.69, 9.17) is 32.7 Å². The summed E-state index contributed by atoms with van der Waals surface area (Å²) in [6.07, 6.45) is 0. The first-order valence-electron chi connectivity index (χ1n) is 9.91. The molecule has 2 atom stereocenters. The molecule has 0 aliphatic carbocycles. The Morgan fingerprint density at radius 1 is 1.00 bits per heavy atom. The number of benzene rings is 3. The van der Waals surface area contributed by atoms with E-state index in [0.717, 1.165) is 0 Å². The molecule has 3 aromatic rings. The lowest BCUT2D eigenvalue weighted by atomic mass is 9.91. The minimum Gasteiger partial charge on any atom is -0.495 e. The smallest absolute Gasteiger partial charge is 0.327 e. The minimum absolute atomic E-state index is 0.232. The molecular weight excluding hydrogens is 533 g/mol. The molecule has 3 rings (SSSR count). The second-order valence-electron chi connectivity index (χ2n) is 7.46. The fraction of sp³-hybridized carbons (Fsp3) is 0.250. The maximum Gasteiger partial charge on any atom is 0.327 e. The van der Waals surface area contributed by atoms with E-state index in [9.17, 15) is 14.7 Å². The highest BCUT2D eigenvalue weighted by Gasteiger charge is 2.36. The first-order chi connectivity index (χ1) is 15.6. The summed E-state index contributed by atoms with van der Waals surface area (Å²) in [7, 11) is 4.43. The SMILES string of the molecule is COc1c(Br)c(OC)c2ccccc2c1C(=O)N(C)C(C(=O)O)C(C)c1ccc(Cl)c(Cl)c1. The van der Waals surface area contributed by atoms with Crippen LogP contribution in [0.25, 0.3) is 10.8 Å². The van der Waals surface area contributed by atoms with Gasteiger partial charge in [-0.05, 0) is 33.6 Å². The third-order valence-corrected chi connectivity index (χ3v) is 7.08. The lowest BCUT2D eigenvalue weighted by molar-refractivity contribution is -0.142. The number of nitrogens with zero attached hydrogens (tertiary/aromatic N) is 1. The van der Waals surface area contributed by atoms with Crippen LogP contribution in [0.1, 0.15) is 28.8 Å². The maximum atomic E-state index is 13.8. The number of aliphatic carboxylic acids is 1. The van der Waals surface area contributed by atoms with Crippen LogP contribution in [-0.4, -0.2) is 49.2 Å². The van der Waals surface area contributed by atoms with Gasteiger partial charge in [-0.3, -0.25) is 4.79 Å². The molecule has 0 bridgehead atoms. The van der Waals surface area contributed by atoms with Crippen LogP contribution in [0.2, 0.25) is 10.0 Å². The Bertz CT molecular complexity index is 1230. The Morgan fingerprint density at radius 3 is 2.15 bits per heavy atom. The molecule has 1 N–H and O–H groups in total. The highest BCUT2D eigenvalue weighted by Crippen LogP contribution is 2.45. The van der Waals surface area contributed by atoms with E-state index in [-0.39, 0.29) is 11.3 Å². The van der Waals surface area contributed by atoms with Crippen LogP contribution >= 0.6 is 39.1 Å². The van der Waals surface area contributed by atoms with E-state index in [0.29, 0.717) is 36.6 Å². The van der Waals surface area contributed by atoms with E-state index < -0.39 is 23.8 Å². The van der Waals surface area contributed by atoms with Crippen molar-refractivity contribution in [2.24, 2.45) is 0 Å². The Balaban J connectivity index is 2.15. The number of carbonyl (C=O) groups is 2. The van der Waals surface area contributed by atoms with Crippen molar-refractivity contribution >= 4 is 61.8 Å². The molecule has 0 aromatic heterocycles. The Labute approximate surface area is 210 Å². The fourth-order valence-electron chi connectivity index (χ4n) is 3.95. The van der Waals surface area contributed by atoms with Crippen molar-refractivity contribution in [2.75, 3.05) is 21.3 Å². The number of halogens is 3. The molecule has 174 valence electrons. The van der Waals surface area contributed by atoms with Crippen LogP contribution in [0.3, 0.4) is 0 Å². The number of carbonyl (C=O) groups excluding carboxylic acids is 1. The second kappa shape index (κ2) is 10.2. The number of hydrogen-bond donors (Lipinski definition) is 1. The molecule has 33 heavy (non-hydrogen) atoms. The van der Waals surface area contributed by atoms with Crippen molar-refractivity contribution in [3.8, 4) is 11.5 Å². The lowest BCUT2D eigenvalue weighted by Gasteiger charge is -2.31. The lowest BCUT2D eigenvalue weighted by Crippen LogP contribution is -2.45. The van der Waals surface area contributed by atoms with Crippen molar-refractivity contribution in [2.45, 2.75) is 18.9 Å². The predicted molar refractivity (Wildman–Crippen MR) is 133 cm³/mol. The molecule has 0 radical (unpaired) electrons. The normalized spacial score (nSPS) is 12.8. The number of rotatable bonds is 7. The molecular formula is C24H22BrCl2NO5. The molecule has 0 saturated carbocycles. The summed E-state index contributed by atoms with van der Waals surface area (Å²) in [4.78, 5) is 27.3. The van der Waals surface area contributed by atoms with E-state index in [1.165, 1.54) is 26.2 Å². The van der Waals surface area contributed by atoms with Crippen molar-refractivity contribution in [3.05, 3.63) is 68.1 Å². The summed E-state index contributed by atoms with van der Waals surface area (Å²) in [6.45, 7) is 1.72. The van der Waals surface area contributed by atoms with Gasteiger partial charge in [0.1, 0.15) is 22.0 Å². The van der Waals surface area contributed by atoms with E-state index >= 15 is 0 Å². The predicted octanol–water partition coefficient (Wildman–Crippen LogP) is 6.26. The van der Waals surface area contributed by atoms with Gasteiger partial charge in [0.25, 0.3) is 5.91 Å². The van der Waals surface area contributed by atoms with Gasteiger partial charge in [0, 0.05) is 23.7 Å². The highest BCUT2D eigenvalue weighted by molar-refractivity contribution is 9.10. The van der Waals surface area contributed by atoms with E-state index in [1.54, 1.807) is 37.3 Å². The van der Waals surface area contributed by atoms with Gasteiger partial charge >= 0.3 is 5.97 Å². The summed E-state index contributed by atoms with van der Waals surface area (Å²) < 4.78 is 11.6. The van der Waals surface area contributed by atoms with Gasteiger partial charge < -0.3 is 19.5 Å². The number of carboxylic acid groups (broad SMARTS) is 1. The number of methoxy groups -OCH3 is 2. The van der Waals surface area contributed by atoms with Crippen LogP contribution in [0.15, 0.2) is 46.9 Å². The van der Waals surface area contributed by atoms with Crippen LogP contribution < -0.4 is 9.47 Å². The van der Waals surface area contributed by atoms with Gasteiger partial charge in [0.15, 0.2) is 0 Å². The Kier molecular flexibility index (Phi) is 7.77. The molecule has 0 aliphatic heterocycles. The summed E-state index contributed by atoms with van der Waals surface area (Å²) in [5.41, 5.74) is 0.875. The molecule has 0 spiro atoms. The van der Waals surface area contributed by atoms with E-state index in [1.807, 2.05) is 12.1 Å². The number of fused-ring (bicyclic) bond motifs is 1. The average Bonchev–Trinajstić information content (AvgIpc) is 2.79. The van der Waals surface area contributed by atoms with Gasteiger partial charge in [-0.15, -0.1) is 0 Å². The van der Waals surface area contributed by atoms with Crippen molar-refractivity contribution in [3.63, 3.8) is 0 Å². The molecule has 9 heteroatoms. The largest absolute Gasteiger partial charge is 0.495 e. The minimum atomic E-state index is -1.18. The summed E-state index contributed by atoms with van der Waals surface area (Å²) >= 11 is 15.6. The van der Waals surface area contributed by atoms with Crippen LogP contribution in [0, 0.1) is 0 Å². The summed E-state index contributed by atoms with van der Waals surface area (Å²) in [5, 5.41) is 12.0. The highest BCUT2D eigenvalue weighted by atomic mass is 79.9. The molecule has 0 heterocycles.